The number of nitrogens with zero attached hydrogens (tertiary/aromatic N) is 2. The van der Waals surface area contributed by atoms with Crippen molar-refractivity contribution < 1.29 is 19.1 Å². The third-order valence-corrected chi connectivity index (χ3v) is 3.95. The maximum absolute atomic E-state index is 13.2. The van der Waals surface area contributed by atoms with Gasteiger partial charge in [0.05, 0.1) is 5.02 Å². The average molecular weight is 315 g/mol. The Hall–Kier alpha value is -1.82. The lowest BCUT2D eigenvalue weighted by molar-refractivity contribution is 0.0330. The normalized spacial score (nSPS) is 22.3. The number of carboxylic acid groups (broad SMARTS) is 1. The molecule has 1 aromatic rings. The van der Waals surface area contributed by atoms with E-state index in [2.05, 4.69) is 0 Å². The monoisotopic (exact) mass is 314 g/mol. The minimum absolute atomic E-state index is 0.106. The van der Waals surface area contributed by atoms with Crippen molar-refractivity contribution in [3.63, 3.8) is 0 Å². The van der Waals surface area contributed by atoms with Crippen molar-refractivity contribution in [3.8, 4) is 0 Å². The third-order valence-electron chi connectivity index (χ3n) is 3.66. The van der Waals surface area contributed by atoms with Gasteiger partial charge in [-0.25, -0.2) is 9.18 Å². The molecule has 1 saturated heterocycles. The highest BCUT2D eigenvalue weighted by Gasteiger charge is 2.34. The molecule has 2 amide bonds. The summed E-state index contributed by atoms with van der Waals surface area (Å²) in [4.78, 5) is 26.5. The molecular formula is C14H16ClFN2O3. The van der Waals surface area contributed by atoms with E-state index in [1.807, 2.05) is 0 Å². The highest BCUT2D eigenvalue weighted by molar-refractivity contribution is 6.31. The highest BCUT2D eigenvalue weighted by Crippen LogP contribution is 2.21. The van der Waals surface area contributed by atoms with Gasteiger partial charge in [-0.05, 0) is 32.0 Å². The molecule has 1 aliphatic rings. The summed E-state index contributed by atoms with van der Waals surface area (Å²) < 4.78 is 13.2. The zero-order valence-electron chi connectivity index (χ0n) is 11.7. The molecule has 1 N–H and O–H groups in total. The van der Waals surface area contributed by atoms with Crippen LogP contribution in [0, 0.1) is 5.82 Å². The number of carbonyl (C=O) groups is 2. The number of hydrogen-bond donors (Lipinski definition) is 1. The lowest BCUT2D eigenvalue weighted by atomic mass is 10.1. The molecule has 0 bridgehead atoms. The van der Waals surface area contributed by atoms with E-state index in [9.17, 15) is 14.0 Å². The van der Waals surface area contributed by atoms with E-state index in [-0.39, 0.29) is 29.6 Å². The first kappa shape index (κ1) is 15.6. The molecule has 2 atom stereocenters. The summed E-state index contributed by atoms with van der Waals surface area (Å²) in [6.07, 6.45) is -0.994. The maximum Gasteiger partial charge on any atom is 0.407 e. The number of benzene rings is 1. The molecule has 0 aromatic heterocycles. The van der Waals surface area contributed by atoms with Gasteiger partial charge in [-0.2, -0.15) is 0 Å². The first-order valence-corrected chi connectivity index (χ1v) is 6.94. The lowest BCUT2D eigenvalue weighted by Crippen LogP contribution is -2.59. The van der Waals surface area contributed by atoms with Crippen LogP contribution in [-0.2, 0) is 0 Å². The molecule has 5 nitrogen and oxygen atoms in total. The molecule has 1 aliphatic heterocycles. The zero-order valence-corrected chi connectivity index (χ0v) is 12.5. The molecule has 1 fully saturated rings. The number of amides is 2. The van der Waals surface area contributed by atoms with Gasteiger partial charge in [-0.1, -0.05) is 11.6 Å². The summed E-state index contributed by atoms with van der Waals surface area (Å²) in [5.41, 5.74) is 0.296. The van der Waals surface area contributed by atoms with Gasteiger partial charge in [0, 0.05) is 30.7 Å². The van der Waals surface area contributed by atoms with Gasteiger partial charge in [0.25, 0.3) is 5.91 Å². The van der Waals surface area contributed by atoms with Crippen LogP contribution in [0.1, 0.15) is 24.2 Å². The lowest BCUT2D eigenvalue weighted by Gasteiger charge is -2.42. The van der Waals surface area contributed by atoms with Gasteiger partial charge >= 0.3 is 6.09 Å². The van der Waals surface area contributed by atoms with Crippen LogP contribution in [-0.4, -0.2) is 52.1 Å². The van der Waals surface area contributed by atoms with Gasteiger partial charge in [-0.3, -0.25) is 4.79 Å². The molecule has 2 rings (SSSR count). The average Bonchev–Trinajstić information content (AvgIpc) is 2.43. The fourth-order valence-corrected chi connectivity index (χ4v) is 2.65. The quantitative estimate of drug-likeness (QED) is 0.867. The van der Waals surface area contributed by atoms with Gasteiger partial charge in [0.1, 0.15) is 5.82 Å². The number of hydrogen-bond acceptors (Lipinski definition) is 2. The first-order chi connectivity index (χ1) is 9.81. The van der Waals surface area contributed by atoms with Crippen molar-refractivity contribution in [2.24, 2.45) is 0 Å². The zero-order chi connectivity index (χ0) is 15.7. The van der Waals surface area contributed by atoms with Crippen LogP contribution >= 0.6 is 11.6 Å². The van der Waals surface area contributed by atoms with Crippen molar-refractivity contribution in [3.05, 3.63) is 34.6 Å². The second kappa shape index (κ2) is 5.89. The van der Waals surface area contributed by atoms with Gasteiger partial charge < -0.3 is 14.9 Å². The molecule has 0 radical (unpaired) electrons. The Kier molecular flexibility index (Phi) is 4.37. The third kappa shape index (κ3) is 3.10. The van der Waals surface area contributed by atoms with E-state index < -0.39 is 11.9 Å². The predicted octanol–water partition coefficient (Wildman–Crippen LogP) is 2.69. The molecule has 0 unspecified atom stereocenters. The maximum atomic E-state index is 13.2. The SMILES string of the molecule is C[C@@H]1CN(C(=O)O)[C@@H](C)CN1C(=O)c1ccc(F)c(Cl)c1. The molecule has 1 heterocycles. The Morgan fingerprint density at radius 3 is 2.38 bits per heavy atom. The summed E-state index contributed by atoms with van der Waals surface area (Å²) in [5.74, 6) is -0.855. The minimum atomic E-state index is -0.994. The van der Waals surface area contributed by atoms with Crippen LogP contribution in [0.25, 0.3) is 0 Å². The predicted molar refractivity (Wildman–Crippen MR) is 76.1 cm³/mol. The number of carbonyl (C=O) groups excluding carboxylic acids is 1. The Labute approximate surface area is 126 Å². The van der Waals surface area contributed by atoms with Gasteiger partial charge in [-0.15, -0.1) is 0 Å². The summed E-state index contributed by atoms with van der Waals surface area (Å²) >= 11 is 5.69. The standard InChI is InChI=1S/C14H16ClFN2O3/c1-8-7-18(14(20)21)9(2)6-17(8)13(19)10-3-4-12(16)11(15)5-10/h3-5,8-9H,6-7H2,1-2H3,(H,20,21)/t8-,9+/m1/s1. The molecular weight excluding hydrogens is 299 g/mol. The Balaban J connectivity index is 2.19. The minimum Gasteiger partial charge on any atom is -0.465 e. The van der Waals surface area contributed by atoms with Gasteiger partial charge in [0.2, 0.25) is 0 Å². The summed E-state index contributed by atoms with van der Waals surface area (Å²) in [6.45, 7) is 4.07. The summed E-state index contributed by atoms with van der Waals surface area (Å²) in [5, 5.41) is 8.99. The molecule has 114 valence electrons. The molecule has 7 heteroatoms. The highest BCUT2D eigenvalue weighted by atomic mass is 35.5. The molecule has 1 aromatic carbocycles. The fourth-order valence-electron chi connectivity index (χ4n) is 2.47. The van der Waals surface area contributed by atoms with E-state index in [4.69, 9.17) is 16.7 Å². The number of halogens is 2. The largest absolute Gasteiger partial charge is 0.465 e. The Bertz CT molecular complexity index is 581. The number of piperazine rings is 1. The summed E-state index contributed by atoms with van der Waals surface area (Å²) in [6, 6.07) is 3.27. The fraction of sp³-hybridized carbons (Fsp3) is 0.429. The van der Waals surface area contributed by atoms with E-state index in [0.29, 0.717) is 12.1 Å². The van der Waals surface area contributed by atoms with Crippen molar-refractivity contribution in [2.45, 2.75) is 25.9 Å². The van der Waals surface area contributed by atoms with Crippen molar-refractivity contribution in [2.75, 3.05) is 13.1 Å². The van der Waals surface area contributed by atoms with Crippen LogP contribution < -0.4 is 0 Å². The van der Waals surface area contributed by atoms with Crippen LogP contribution in [0.15, 0.2) is 18.2 Å². The van der Waals surface area contributed by atoms with Crippen LogP contribution in [0.4, 0.5) is 9.18 Å². The second-order valence-corrected chi connectivity index (χ2v) is 5.63. The van der Waals surface area contributed by atoms with Crippen LogP contribution in [0.5, 0.6) is 0 Å². The van der Waals surface area contributed by atoms with Crippen molar-refractivity contribution in [1.29, 1.82) is 0 Å². The Morgan fingerprint density at radius 1 is 1.24 bits per heavy atom. The smallest absolute Gasteiger partial charge is 0.407 e. The van der Waals surface area contributed by atoms with Crippen LogP contribution in [0.3, 0.4) is 0 Å². The topological polar surface area (TPSA) is 60.9 Å². The van der Waals surface area contributed by atoms with E-state index in [0.717, 1.165) is 6.07 Å². The first-order valence-electron chi connectivity index (χ1n) is 6.57. The van der Waals surface area contributed by atoms with Crippen molar-refractivity contribution >= 4 is 23.6 Å². The number of rotatable bonds is 1. The van der Waals surface area contributed by atoms with Crippen molar-refractivity contribution in [1.82, 2.24) is 9.80 Å². The second-order valence-electron chi connectivity index (χ2n) is 5.22. The van der Waals surface area contributed by atoms with Gasteiger partial charge in [0.15, 0.2) is 0 Å². The molecule has 21 heavy (non-hydrogen) atoms. The van der Waals surface area contributed by atoms with Crippen LogP contribution in [0.2, 0.25) is 5.02 Å². The van der Waals surface area contributed by atoms with E-state index in [1.165, 1.54) is 17.0 Å². The molecule has 0 aliphatic carbocycles. The summed E-state index contributed by atoms with van der Waals surface area (Å²) in [7, 11) is 0. The van der Waals surface area contributed by atoms with E-state index in [1.54, 1.807) is 18.7 Å². The van der Waals surface area contributed by atoms with E-state index >= 15 is 0 Å². The Morgan fingerprint density at radius 2 is 1.81 bits per heavy atom. The molecule has 0 saturated carbocycles. The molecule has 0 spiro atoms.